The molecular weight excluding hydrogens is 853 g/mol. The number of rotatable bonds is 6. The fourth-order valence-corrected chi connectivity index (χ4v) is 10.3. The molecule has 2 fully saturated rings. The van der Waals surface area contributed by atoms with Crippen LogP contribution < -0.4 is 25.7 Å². The number of phenols is 2. The first kappa shape index (κ1) is 48.4. The van der Waals surface area contributed by atoms with Crippen LogP contribution in [0.4, 0.5) is 11.4 Å². The number of ether oxygens (including phenoxy) is 2. The summed E-state index contributed by atoms with van der Waals surface area (Å²) < 4.78 is 12.7. The number of para-hydroxylation sites is 1. The zero-order valence-electron chi connectivity index (χ0n) is 40.1. The quantitative estimate of drug-likeness (QED) is 0.154. The van der Waals surface area contributed by atoms with E-state index in [-0.39, 0.29) is 57.3 Å². The first-order valence-electron chi connectivity index (χ1n) is 24.2. The van der Waals surface area contributed by atoms with Crippen molar-refractivity contribution in [1.82, 2.24) is 9.96 Å². The summed E-state index contributed by atoms with van der Waals surface area (Å²) in [6.07, 6.45) is 9.40. The van der Waals surface area contributed by atoms with Gasteiger partial charge in [-0.05, 0) is 70.1 Å². The van der Waals surface area contributed by atoms with Gasteiger partial charge in [0.05, 0.1) is 35.3 Å². The number of phenolic OH excluding ortho intramolecular Hbond substituents is 2. The van der Waals surface area contributed by atoms with Crippen molar-refractivity contribution in [2.75, 3.05) is 50.0 Å². The van der Waals surface area contributed by atoms with Crippen LogP contribution in [0, 0.1) is 18.8 Å². The van der Waals surface area contributed by atoms with Crippen LogP contribution in [0.3, 0.4) is 0 Å². The average molecular weight is 923 g/mol. The van der Waals surface area contributed by atoms with Crippen LogP contribution in [-0.4, -0.2) is 117 Å². The number of aliphatic hydroxyl groups excluding tert-OH is 3. The number of nitrogens with one attached hydrogen (secondary N) is 1. The molecule has 362 valence electrons. The number of anilines is 2. The average Bonchev–Trinajstić information content (AvgIpc) is 3.80. The summed E-state index contributed by atoms with van der Waals surface area (Å²) >= 11 is 0. The van der Waals surface area contributed by atoms with E-state index >= 15 is 0 Å². The number of hydrogen-bond donors (Lipinski definition) is 6. The van der Waals surface area contributed by atoms with Crippen molar-refractivity contribution in [2.24, 2.45) is 21.8 Å². The van der Waals surface area contributed by atoms with Crippen molar-refractivity contribution in [1.29, 1.82) is 0 Å². The van der Waals surface area contributed by atoms with Crippen LogP contribution >= 0.6 is 0 Å². The number of fused-ring (bicyclic) bond motifs is 13. The molecule has 6 aliphatic heterocycles. The third-order valence-electron chi connectivity index (χ3n) is 14.4. The second-order valence-corrected chi connectivity index (χ2v) is 19.9. The number of aromatic hydroxyl groups is 2. The normalized spacial score (nSPS) is 29.4. The van der Waals surface area contributed by atoms with Crippen molar-refractivity contribution in [3.63, 3.8) is 0 Å². The van der Waals surface area contributed by atoms with Crippen molar-refractivity contribution in [2.45, 2.75) is 135 Å². The molecule has 15 nitrogen and oxygen atoms in total. The second kappa shape index (κ2) is 19.9. The Bertz CT molecular complexity index is 2510. The lowest BCUT2D eigenvalue weighted by atomic mass is 9.92. The van der Waals surface area contributed by atoms with Crippen molar-refractivity contribution >= 4 is 28.1 Å². The fraction of sp³-hybridized carbons (Fsp3) is 0.558. The predicted molar refractivity (Wildman–Crippen MR) is 257 cm³/mol. The Balaban J connectivity index is 1.11. The minimum absolute atomic E-state index is 0.00845. The summed E-state index contributed by atoms with van der Waals surface area (Å²) in [5, 5.41) is 64.7. The molecule has 15 heteroatoms. The number of nitrogens with zero attached hydrogens (tertiary/aromatic N) is 5. The molecule has 6 aliphatic rings. The van der Waals surface area contributed by atoms with Gasteiger partial charge in [-0.15, -0.1) is 0 Å². The van der Waals surface area contributed by atoms with Gasteiger partial charge in [-0.3, -0.25) is 19.6 Å². The molecule has 1 amide bonds. The van der Waals surface area contributed by atoms with Gasteiger partial charge in [0.25, 0.3) is 11.7 Å². The number of likely N-dealkylation sites (tertiary alicyclic amines) is 1. The van der Waals surface area contributed by atoms with Gasteiger partial charge in [-0.2, -0.15) is 5.06 Å². The lowest BCUT2D eigenvalue weighted by Crippen LogP contribution is -2.45. The summed E-state index contributed by atoms with van der Waals surface area (Å²) in [5.74, 6) is -2.51. The second-order valence-electron chi connectivity index (χ2n) is 19.9. The maximum atomic E-state index is 14.0. The number of hydroxylamine groups is 2. The predicted octanol–water partition coefficient (Wildman–Crippen LogP) is 6.21. The van der Waals surface area contributed by atoms with E-state index in [1.54, 1.807) is 39.0 Å². The molecule has 9 rings (SSSR count). The highest BCUT2D eigenvalue weighted by Crippen LogP contribution is 2.54. The number of aliphatic hydroxyl groups is 3. The maximum Gasteiger partial charge on any atom is 0.277 e. The van der Waals surface area contributed by atoms with Gasteiger partial charge in [0.1, 0.15) is 22.5 Å². The van der Waals surface area contributed by atoms with Gasteiger partial charge in [-0.25, -0.2) is 0 Å². The molecule has 4 unspecified atom stereocenters. The van der Waals surface area contributed by atoms with E-state index in [0.717, 1.165) is 45.6 Å². The number of amides is 1. The minimum Gasteiger partial charge on any atom is -0.507 e. The van der Waals surface area contributed by atoms with E-state index in [1.807, 2.05) is 36.3 Å². The van der Waals surface area contributed by atoms with Gasteiger partial charge in [-0.1, -0.05) is 57.2 Å². The smallest absolute Gasteiger partial charge is 0.277 e. The standard InChI is InChI=1S/C52H70N6O9/c1-31(2)30-57-25-21-52(22-26-57)54-43-40-41-46(61)34(5)48-42(40)49(63)51(6,66-48)65-27-12-11-18-38(67-58-23-19-36(20-24-58)56(7)35-16-9-8-10-17-35)28-37(59)29-39(60)32(3)14-13-15-33(4)50(64)53-45(47(41)62)44(43)55-52/h8-10,12-17,27,31-32,36-39,49,59-63H,11,18-26,28-30H2,1-7H3,(H,53,64)/b14-13+,27-12+,33-15-/t32?,37?,38-,39-,49?,51?/m1/s1. The third-order valence-corrected chi connectivity index (χ3v) is 14.4. The van der Waals surface area contributed by atoms with Crippen LogP contribution in [-0.2, 0) is 14.4 Å². The largest absolute Gasteiger partial charge is 0.507 e. The van der Waals surface area contributed by atoms with Gasteiger partial charge in [0.2, 0.25) is 0 Å². The van der Waals surface area contributed by atoms with Crippen molar-refractivity contribution in [3.05, 3.63) is 88.3 Å². The SMILES string of the molecule is C/C1=C/C=C/C(C)[C@H](O)CC(O)C[C@H](ON2CCC(N(C)c3ccccc3)CC2)CC/C=C/OC2(C)Oc3c(C)c(O)c4c(O)c(c5c(c4c3C2O)=NC2(CCN(CC(C)C)CC2)N=5)NC1=O. The highest BCUT2D eigenvalue weighted by Gasteiger charge is 2.50. The Morgan fingerprint density at radius 1 is 0.955 bits per heavy atom. The summed E-state index contributed by atoms with van der Waals surface area (Å²) in [5.41, 5.74) is 1.17. The van der Waals surface area contributed by atoms with Gasteiger partial charge >= 0.3 is 0 Å². The van der Waals surface area contributed by atoms with Crippen molar-refractivity contribution < 1.29 is 44.6 Å². The van der Waals surface area contributed by atoms with Crippen molar-refractivity contribution in [3.8, 4) is 17.2 Å². The first-order chi connectivity index (χ1) is 32.0. The van der Waals surface area contributed by atoms with E-state index in [0.29, 0.717) is 60.6 Å². The molecule has 0 aromatic heterocycles. The van der Waals surface area contributed by atoms with Crippen LogP contribution in [0.15, 0.2) is 76.5 Å². The van der Waals surface area contributed by atoms with Crippen LogP contribution in [0.1, 0.15) is 103 Å². The number of benzene rings is 3. The van der Waals surface area contributed by atoms with Crippen LogP contribution in [0.25, 0.3) is 10.8 Å². The zero-order valence-corrected chi connectivity index (χ0v) is 40.1. The topological polar surface area (TPSA) is 192 Å². The maximum absolute atomic E-state index is 14.0. The van der Waals surface area contributed by atoms with Gasteiger partial charge < -0.3 is 50.1 Å². The van der Waals surface area contributed by atoms with E-state index in [2.05, 4.69) is 48.1 Å². The van der Waals surface area contributed by atoms with E-state index < -0.39 is 41.4 Å². The number of carbonyl (C=O) groups excluding carboxylic acids is 1. The highest BCUT2D eigenvalue weighted by atomic mass is 16.7. The Hall–Kier alpha value is -5.03. The van der Waals surface area contributed by atoms with Gasteiger partial charge in [0.15, 0.2) is 17.5 Å². The fourth-order valence-electron chi connectivity index (χ4n) is 10.3. The molecular formula is C52H70N6O9. The Morgan fingerprint density at radius 3 is 2.36 bits per heavy atom. The summed E-state index contributed by atoms with van der Waals surface area (Å²) in [7, 11) is 2.13. The molecule has 5 bridgehead atoms. The number of hydrogen-bond acceptors (Lipinski definition) is 14. The monoisotopic (exact) mass is 923 g/mol. The Morgan fingerprint density at radius 2 is 1.66 bits per heavy atom. The minimum atomic E-state index is -1.64. The summed E-state index contributed by atoms with van der Waals surface area (Å²) in [6, 6.07) is 10.7. The summed E-state index contributed by atoms with van der Waals surface area (Å²) in [4.78, 5) is 35.7. The molecule has 2 saturated heterocycles. The molecule has 0 radical (unpaired) electrons. The number of allylic oxidation sites excluding steroid dienone is 3. The Labute approximate surface area is 393 Å². The Kier molecular flexibility index (Phi) is 14.4. The molecule has 0 aliphatic carbocycles. The van der Waals surface area contributed by atoms with E-state index in [9.17, 15) is 30.3 Å². The third kappa shape index (κ3) is 10.1. The summed E-state index contributed by atoms with van der Waals surface area (Å²) in [6.45, 7) is 15.0. The van der Waals surface area contributed by atoms with Crippen LogP contribution in [0.2, 0.25) is 0 Å². The number of carbonyl (C=O) groups is 1. The molecule has 3 aromatic rings. The molecule has 0 saturated carbocycles. The first-order valence-corrected chi connectivity index (χ1v) is 24.2. The molecule has 3 aromatic carbocycles. The van der Waals surface area contributed by atoms with Gasteiger partial charge in [0, 0.05) is 106 Å². The van der Waals surface area contributed by atoms with E-state index in [4.69, 9.17) is 24.3 Å². The molecule has 67 heavy (non-hydrogen) atoms. The molecule has 1 spiro atoms. The molecule has 6 atom stereocenters. The lowest BCUT2D eigenvalue weighted by Gasteiger charge is -2.38. The lowest BCUT2D eigenvalue weighted by molar-refractivity contribution is -0.215. The van der Waals surface area contributed by atoms with Crippen LogP contribution in [0.5, 0.6) is 17.2 Å². The number of piperidine rings is 2. The molecule has 6 heterocycles. The van der Waals surface area contributed by atoms with E-state index in [1.165, 1.54) is 11.9 Å². The molecule has 6 N–H and O–H groups in total. The highest BCUT2D eigenvalue weighted by molar-refractivity contribution is 6.08. The zero-order chi connectivity index (χ0) is 47.8.